The fourth-order valence-corrected chi connectivity index (χ4v) is 2.33. The zero-order valence-electron chi connectivity index (χ0n) is 10.1. The Labute approximate surface area is 111 Å². The monoisotopic (exact) mass is 263 g/mol. The van der Waals surface area contributed by atoms with E-state index >= 15 is 0 Å². The highest BCUT2D eigenvalue weighted by Gasteiger charge is 2.28. The molecule has 0 spiro atoms. The highest BCUT2D eigenvalue weighted by molar-refractivity contribution is 6.32. The maximum Gasteiger partial charge on any atom is 0.224 e. The van der Waals surface area contributed by atoms with Gasteiger partial charge in [-0.1, -0.05) is 11.6 Å². The maximum atomic E-state index is 11.6. The molecule has 1 aliphatic heterocycles. The van der Waals surface area contributed by atoms with Gasteiger partial charge in [-0.3, -0.25) is 4.79 Å². The van der Waals surface area contributed by atoms with Crippen molar-refractivity contribution in [1.82, 2.24) is 4.90 Å². The molecule has 1 aromatic carbocycles. The van der Waals surface area contributed by atoms with E-state index in [0.717, 1.165) is 12.2 Å². The normalized spacial score (nSPS) is 18.8. The molecule has 1 fully saturated rings. The van der Waals surface area contributed by atoms with Gasteiger partial charge in [-0.2, -0.15) is 5.26 Å². The van der Waals surface area contributed by atoms with E-state index in [-0.39, 0.29) is 11.9 Å². The molecule has 4 nitrogen and oxygen atoms in total. The lowest BCUT2D eigenvalue weighted by molar-refractivity contribution is -0.127. The van der Waals surface area contributed by atoms with Gasteiger partial charge in [0.25, 0.3) is 0 Å². The summed E-state index contributed by atoms with van der Waals surface area (Å²) in [6, 6.07) is 7.34. The van der Waals surface area contributed by atoms with Crippen LogP contribution in [0.3, 0.4) is 0 Å². The number of anilines is 1. The van der Waals surface area contributed by atoms with Crippen molar-refractivity contribution in [2.24, 2.45) is 0 Å². The molecule has 1 N–H and O–H groups in total. The molecule has 0 aromatic heterocycles. The summed E-state index contributed by atoms with van der Waals surface area (Å²) in [7, 11) is 0. The van der Waals surface area contributed by atoms with E-state index in [0.29, 0.717) is 23.6 Å². The molecule has 1 aliphatic rings. The smallest absolute Gasteiger partial charge is 0.224 e. The van der Waals surface area contributed by atoms with Gasteiger partial charge in [0.05, 0.1) is 16.6 Å². The molecule has 2 rings (SSSR count). The maximum absolute atomic E-state index is 11.6. The van der Waals surface area contributed by atoms with Gasteiger partial charge in [-0.05, 0) is 25.1 Å². The first-order valence-electron chi connectivity index (χ1n) is 5.88. The van der Waals surface area contributed by atoms with Gasteiger partial charge < -0.3 is 10.2 Å². The Kier molecular flexibility index (Phi) is 3.73. The molecule has 0 saturated carbocycles. The van der Waals surface area contributed by atoms with Crippen molar-refractivity contribution >= 4 is 23.2 Å². The van der Waals surface area contributed by atoms with Crippen molar-refractivity contribution in [3.8, 4) is 6.07 Å². The number of nitrogens with one attached hydrogen (secondary N) is 1. The Morgan fingerprint density at radius 1 is 1.61 bits per heavy atom. The van der Waals surface area contributed by atoms with E-state index in [4.69, 9.17) is 16.9 Å². The largest absolute Gasteiger partial charge is 0.380 e. The summed E-state index contributed by atoms with van der Waals surface area (Å²) < 4.78 is 0. The lowest BCUT2D eigenvalue weighted by atomic mass is 10.2. The number of benzene rings is 1. The van der Waals surface area contributed by atoms with E-state index < -0.39 is 0 Å². The Morgan fingerprint density at radius 3 is 2.94 bits per heavy atom. The number of hydrogen-bond acceptors (Lipinski definition) is 3. The fraction of sp³-hybridized carbons (Fsp3) is 0.385. The average Bonchev–Trinajstić information content (AvgIpc) is 2.69. The average molecular weight is 264 g/mol. The summed E-state index contributed by atoms with van der Waals surface area (Å²) in [5.41, 5.74) is 1.30. The number of carbonyl (C=O) groups is 1. The van der Waals surface area contributed by atoms with Crippen molar-refractivity contribution in [3.63, 3.8) is 0 Å². The lowest BCUT2D eigenvalue weighted by Crippen LogP contribution is -2.27. The van der Waals surface area contributed by atoms with Crippen LogP contribution in [0, 0.1) is 11.3 Å². The minimum absolute atomic E-state index is 0.112. The lowest BCUT2D eigenvalue weighted by Gasteiger charge is -2.15. The standard InChI is InChI=1S/C13H14ClN3O/c1-2-17-8-11(6-13(17)18)16-10-4-3-9(7-15)12(14)5-10/h3-5,11,16H,2,6,8H2,1H3. The van der Waals surface area contributed by atoms with Crippen molar-refractivity contribution in [1.29, 1.82) is 5.26 Å². The van der Waals surface area contributed by atoms with Gasteiger partial charge in [-0.25, -0.2) is 0 Å². The van der Waals surface area contributed by atoms with Crippen molar-refractivity contribution in [2.45, 2.75) is 19.4 Å². The van der Waals surface area contributed by atoms with Crippen molar-refractivity contribution in [3.05, 3.63) is 28.8 Å². The predicted molar refractivity (Wildman–Crippen MR) is 70.4 cm³/mol. The molecular formula is C13H14ClN3O. The van der Waals surface area contributed by atoms with Gasteiger partial charge >= 0.3 is 0 Å². The zero-order valence-corrected chi connectivity index (χ0v) is 10.9. The number of likely N-dealkylation sites (N-methyl/N-ethyl adjacent to an activating group) is 1. The number of likely N-dealkylation sites (tertiary alicyclic amines) is 1. The number of amides is 1. The van der Waals surface area contributed by atoms with E-state index in [2.05, 4.69) is 5.32 Å². The summed E-state index contributed by atoms with van der Waals surface area (Å²) in [5, 5.41) is 12.5. The van der Waals surface area contributed by atoms with Crippen LogP contribution in [0.25, 0.3) is 0 Å². The van der Waals surface area contributed by atoms with Gasteiger partial charge in [0, 0.05) is 25.2 Å². The molecule has 1 aromatic rings. The predicted octanol–water partition coefficient (Wildman–Crippen LogP) is 2.24. The second kappa shape index (κ2) is 5.28. The molecule has 1 saturated heterocycles. The van der Waals surface area contributed by atoms with Gasteiger partial charge in [0.1, 0.15) is 6.07 Å². The molecule has 1 heterocycles. The molecule has 0 radical (unpaired) electrons. The number of carbonyl (C=O) groups excluding carboxylic acids is 1. The number of halogens is 1. The Bertz CT molecular complexity index is 509. The number of nitrogens with zero attached hydrogens (tertiary/aromatic N) is 2. The third-order valence-corrected chi connectivity index (χ3v) is 3.37. The molecule has 0 aliphatic carbocycles. The summed E-state index contributed by atoms with van der Waals surface area (Å²) >= 11 is 5.96. The second-order valence-corrected chi connectivity index (χ2v) is 4.69. The number of hydrogen-bond donors (Lipinski definition) is 1. The first-order chi connectivity index (χ1) is 8.63. The van der Waals surface area contributed by atoms with E-state index in [1.807, 2.05) is 24.0 Å². The molecule has 5 heteroatoms. The Hall–Kier alpha value is -1.73. The van der Waals surface area contributed by atoms with Gasteiger partial charge in [-0.15, -0.1) is 0 Å². The third kappa shape index (κ3) is 2.57. The molecule has 1 amide bonds. The van der Waals surface area contributed by atoms with Crippen molar-refractivity contribution < 1.29 is 4.79 Å². The van der Waals surface area contributed by atoms with Crippen LogP contribution in [0.2, 0.25) is 5.02 Å². The van der Waals surface area contributed by atoms with E-state index in [1.165, 1.54) is 0 Å². The molecular weight excluding hydrogens is 250 g/mol. The van der Waals surface area contributed by atoms with Crippen LogP contribution in [0.5, 0.6) is 0 Å². The summed E-state index contributed by atoms with van der Waals surface area (Å²) in [6.07, 6.45) is 0.505. The molecule has 94 valence electrons. The first kappa shape index (κ1) is 12.7. The SMILES string of the molecule is CCN1CC(Nc2ccc(C#N)c(Cl)c2)CC1=O. The van der Waals surface area contributed by atoms with Crippen LogP contribution in [-0.2, 0) is 4.79 Å². The van der Waals surface area contributed by atoms with E-state index in [1.54, 1.807) is 12.1 Å². The van der Waals surface area contributed by atoms with Crippen LogP contribution < -0.4 is 5.32 Å². The molecule has 1 atom stereocenters. The fourth-order valence-electron chi connectivity index (χ4n) is 2.11. The van der Waals surface area contributed by atoms with Gasteiger partial charge in [0.2, 0.25) is 5.91 Å². The second-order valence-electron chi connectivity index (χ2n) is 4.28. The van der Waals surface area contributed by atoms with Crippen LogP contribution in [-0.4, -0.2) is 29.9 Å². The summed E-state index contributed by atoms with van der Waals surface area (Å²) in [4.78, 5) is 13.4. The zero-order chi connectivity index (χ0) is 13.1. The number of rotatable bonds is 3. The third-order valence-electron chi connectivity index (χ3n) is 3.06. The van der Waals surface area contributed by atoms with Gasteiger partial charge in [0.15, 0.2) is 0 Å². The van der Waals surface area contributed by atoms with E-state index in [9.17, 15) is 4.79 Å². The molecule has 0 bridgehead atoms. The van der Waals surface area contributed by atoms with Crippen LogP contribution >= 0.6 is 11.6 Å². The summed E-state index contributed by atoms with van der Waals surface area (Å²) in [5.74, 6) is 0.176. The highest BCUT2D eigenvalue weighted by atomic mass is 35.5. The minimum Gasteiger partial charge on any atom is -0.380 e. The summed E-state index contributed by atoms with van der Waals surface area (Å²) in [6.45, 7) is 3.43. The van der Waals surface area contributed by atoms with Crippen molar-refractivity contribution in [2.75, 3.05) is 18.4 Å². The molecule has 18 heavy (non-hydrogen) atoms. The first-order valence-corrected chi connectivity index (χ1v) is 6.25. The quantitative estimate of drug-likeness (QED) is 0.910. The number of nitriles is 1. The minimum atomic E-state index is 0.112. The van der Waals surface area contributed by atoms with Crippen LogP contribution in [0.4, 0.5) is 5.69 Å². The Balaban J connectivity index is 2.05. The molecule has 1 unspecified atom stereocenters. The topological polar surface area (TPSA) is 56.1 Å². The highest BCUT2D eigenvalue weighted by Crippen LogP contribution is 2.22. The Morgan fingerprint density at radius 2 is 2.39 bits per heavy atom. The van der Waals surface area contributed by atoms with Crippen LogP contribution in [0.1, 0.15) is 18.9 Å². The van der Waals surface area contributed by atoms with Crippen LogP contribution in [0.15, 0.2) is 18.2 Å².